The van der Waals surface area contributed by atoms with E-state index in [1.54, 1.807) is 0 Å². The van der Waals surface area contributed by atoms with Crippen molar-refractivity contribution < 1.29 is 0 Å². The van der Waals surface area contributed by atoms with Crippen molar-refractivity contribution in [2.75, 3.05) is 0 Å². The van der Waals surface area contributed by atoms with Crippen LogP contribution in [0.2, 0.25) is 0 Å². The molecular weight excluding hydrogens is 585 g/mol. The first kappa shape index (κ1) is 27.7. The molecule has 48 heavy (non-hydrogen) atoms. The molecule has 0 N–H and O–H groups in total. The molecule has 1 heterocycles. The van der Waals surface area contributed by atoms with Crippen LogP contribution in [0.3, 0.4) is 0 Å². The lowest BCUT2D eigenvalue weighted by molar-refractivity contribution is -0.0398. The van der Waals surface area contributed by atoms with E-state index >= 15 is 0 Å². The molecule has 5 aromatic carbocycles. The molecule has 0 radical (unpaired) electrons. The molecule has 4 bridgehead atoms. The second kappa shape index (κ2) is 10.6. The third-order valence-electron chi connectivity index (χ3n) is 11.9. The highest BCUT2D eigenvalue weighted by molar-refractivity contribution is 5.91. The van der Waals surface area contributed by atoms with Gasteiger partial charge in [0.25, 0.3) is 0 Å². The zero-order chi connectivity index (χ0) is 31.8. The molecule has 4 nitrogen and oxygen atoms in total. The Morgan fingerprint density at radius 3 is 1.56 bits per heavy atom. The first-order valence-corrected chi connectivity index (χ1v) is 17.4. The SMILES string of the molecule is N#Cc1cccc2c1C1(c3c(-c4cccc(-c5nc(-c6ccccc6)nc(-c6ccccc6)n5)c4)cccc3-2)C2CC3CC(C2)CC1C3. The quantitative estimate of drug-likeness (QED) is 0.197. The smallest absolute Gasteiger partial charge is 0.164 e. The summed E-state index contributed by atoms with van der Waals surface area (Å²) in [6, 6.07) is 45.0. The fraction of sp³-hybridized carbons (Fsp3) is 0.227. The normalized spacial score (nSPS) is 24.3. The summed E-state index contributed by atoms with van der Waals surface area (Å²) in [6.07, 6.45) is 6.49. The Balaban J connectivity index is 1.17. The minimum absolute atomic E-state index is 0.120. The molecule has 4 saturated carbocycles. The van der Waals surface area contributed by atoms with Gasteiger partial charge in [-0.2, -0.15) is 5.26 Å². The Kier molecular flexibility index (Phi) is 6.09. The number of hydrogen-bond acceptors (Lipinski definition) is 4. The third-order valence-corrected chi connectivity index (χ3v) is 11.9. The van der Waals surface area contributed by atoms with Gasteiger partial charge < -0.3 is 0 Å². The predicted octanol–water partition coefficient (Wildman–Crippen LogP) is 10.1. The number of aromatic nitrogens is 3. The Bertz CT molecular complexity index is 2180. The van der Waals surface area contributed by atoms with Crippen molar-refractivity contribution >= 4 is 0 Å². The van der Waals surface area contributed by atoms with Crippen LogP contribution in [0.4, 0.5) is 0 Å². The summed E-state index contributed by atoms with van der Waals surface area (Å²) in [5.41, 5.74) is 11.5. The lowest BCUT2D eigenvalue weighted by atomic mass is 9.42. The Labute approximate surface area is 281 Å². The van der Waals surface area contributed by atoms with Gasteiger partial charge in [-0.25, -0.2) is 15.0 Å². The Morgan fingerprint density at radius 2 is 0.958 bits per heavy atom. The molecule has 1 spiro atoms. The average Bonchev–Trinajstić information content (AvgIpc) is 3.45. The van der Waals surface area contributed by atoms with E-state index in [1.807, 2.05) is 36.4 Å². The molecule has 6 aromatic rings. The number of nitrogens with zero attached hydrogens (tertiary/aromatic N) is 4. The highest BCUT2D eigenvalue weighted by Crippen LogP contribution is 2.70. The van der Waals surface area contributed by atoms with Crippen molar-refractivity contribution in [3.8, 4) is 62.5 Å². The van der Waals surface area contributed by atoms with Crippen molar-refractivity contribution in [1.29, 1.82) is 5.26 Å². The maximum Gasteiger partial charge on any atom is 0.164 e. The van der Waals surface area contributed by atoms with E-state index in [4.69, 9.17) is 15.0 Å². The van der Waals surface area contributed by atoms with Crippen LogP contribution in [0.5, 0.6) is 0 Å². The molecule has 4 fully saturated rings. The summed E-state index contributed by atoms with van der Waals surface area (Å²) >= 11 is 0. The Hall–Kier alpha value is -5.40. The van der Waals surface area contributed by atoms with E-state index < -0.39 is 0 Å². The van der Waals surface area contributed by atoms with Gasteiger partial charge in [-0.1, -0.05) is 109 Å². The van der Waals surface area contributed by atoms with Crippen LogP contribution in [0.15, 0.2) is 121 Å². The molecule has 0 amide bonds. The highest BCUT2D eigenvalue weighted by Gasteiger charge is 2.62. The third kappa shape index (κ3) is 3.97. The van der Waals surface area contributed by atoms with Gasteiger partial charge in [-0.05, 0) is 101 Å². The van der Waals surface area contributed by atoms with Gasteiger partial charge in [0.05, 0.1) is 11.6 Å². The zero-order valence-corrected chi connectivity index (χ0v) is 26.7. The molecule has 0 atom stereocenters. The minimum Gasteiger partial charge on any atom is -0.208 e. The van der Waals surface area contributed by atoms with Gasteiger partial charge in [0.2, 0.25) is 0 Å². The van der Waals surface area contributed by atoms with Crippen LogP contribution in [-0.4, -0.2) is 15.0 Å². The Morgan fingerprint density at radius 1 is 0.479 bits per heavy atom. The van der Waals surface area contributed by atoms with Crippen LogP contribution in [-0.2, 0) is 5.41 Å². The maximum atomic E-state index is 10.5. The summed E-state index contributed by atoms with van der Waals surface area (Å²) in [5.74, 6) is 4.79. The molecule has 0 unspecified atom stereocenters. The zero-order valence-electron chi connectivity index (χ0n) is 26.7. The molecule has 5 aliphatic rings. The van der Waals surface area contributed by atoms with Gasteiger partial charge in [-0.3, -0.25) is 0 Å². The molecular formula is C44H34N4. The minimum atomic E-state index is -0.120. The maximum absolute atomic E-state index is 10.5. The fourth-order valence-electron chi connectivity index (χ4n) is 10.4. The van der Waals surface area contributed by atoms with Gasteiger partial charge in [0, 0.05) is 22.1 Å². The molecule has 230 valence electrons. The predicted molar refractivity (Wildman–Crippen MR) is 190 cm³/mol. The van der Waals surface area contributed by atoms with Crippen LogP contribution < -0.4 is 0 Å². The summed E-state index contributed by atoms with van der Waals surface area (Å²) in [6.45, 7) is 0. The van der Waals surface area contributed by atoms with Crippen molar-refractivity contribution in [3.63, 3.8) is 0 Å². The largest absolute Gasteiger partial charge is 0.208 e. The summed E-state index contributed by atoms with van der Waals surface area (Å²) in [7, 11) is 0. The van der Waals surface area contributed by atoms with Gasteiger partial charge in [0.15, 0.2) is 17.5 Å². The standard InChI is InChI=1S/C44H34N4/c45-26-33-16-8-18-37-38-19-9-17-36(40(38)44(39(33)37)34-21-27-20-28(23-34)24-35(44)22-27)31-14-7-15-32(25-31)43-47-41(29-10-3-1-4-11-29)46-42(48-43)30-12-5-2-6-13-30/h1-19,25,27-28,34-35H,20-24H2. The number of nitriles is 1. The van der Waals surface area contributed by atoms with Crippen molar-refractivity contribution in [1.82, 2.24) is 15.0 Å². The van der Waals surface area contributed by atoms with E-state index in [0.29, 0.717) is 29.3 Å². The second-order valence-corrected chi connectivity index (χ2v) is 14.4. The van der Waals surface area contributed by atoms with Crippen molar-refractivity contribution in [2.45, 2.75) is 37.5 Å². The van der Waals surface area contributed by atoms with E-state index in [9.17, 15) is 5.26 Å². The second-order valence-electron chi connectivity index (χ2n) is 14.4. The van der Waals surface area contributed by atoms with Crippen LogP contribution >= 0.6 is 0 Å². The fourth-order valence-corrected chi connectivity index (χ4v) is 10.4. The number of hydrogen-bond donors (Lipinski definition) is 0. The van der Waals surface area contributed by atoms with Gasteiger partial charge in [0.1, 0.15) is 0 Å². The number of rotatable bonds is 4. The van der Waals surface area contributed by atoms with Crippen LogP contribution in [0.1, 0.15) is 48.8 Å². The molecule has 5 aliphatic carbocycles. The highest BCUT2D eigenvalue weighted by atomic mass is 15.0. The lowest BCUT2D eigenvalue weighted by Gasteiger charge is -2.61. The first-order chi connectivity index (χ1) is 23.7. The number of benzene rings is 5. The number of fused-ring (bicyclic) bond motifs is 3. The first-order valence-electron chi connectivity index (χ1n) is 17.4. The van der Waals surface area contributed by atoms with E-state index in [0.717, 1.165) is 34.1 Å². The molecule has 1 aromatic heterocycles. The summed E-state index contributed by atoms with van der Waals surface area (Å²) in [4.78, 5) is 15.0. The van der Waals surface area contributed by atoms with Gasteiger partial charge in [-0.15, -0.1) is 0 Å². The van der Waals surface area contributed by atoms with Crippen LogP contribution in [0.25, 0.3) is 56.4 Å². The monoisotopic (exact) mass is 618 g/mol. The van der Waals surface area contributed by atoms with Crippen molar-refractivity contribution in [3.05, 3.63) is 138 Å². The van der Waals surface area contributed by atoms with Crippen LogP contribution in [0, 0.1) is 35.0 Å². The molecule has 11 rings (SSSR count). The topological polar surface area (TPSA) is 62.5 Å². The van der Waals surface area contributed by atoms with E-state index in [2.05, 4.69) is 91.0 Å². The summed E-state index contributed by atoms with van der Waals surface area (Å²) in [5, 5.41) is 10.5. The summed E-state index contributed by atoms with van der Waals surface area (Å²) < 4.78 is 0. The van der Waals surface area contributed by atoms with E-state index in [1.165, 1.54) is 65.5 Å². The lowest BCUT2D eigenvalue weighted by Crippen LogP contribution is -2.55. The molecule has 0 aliphatic heterocycles. The van der Waals surface area contributed by atoms with Crippen molar-refractivity contribution in [2.24, 2.45) is 23.7 Å². The molecule has 0 saturated heterocycles. The van der Waals surface area contributed by atoms with E-state index in [-0.39, 0.29) is 5.41 Å². The average molecular weight is 619 g/mol. The van der Waals surface area contributed by atoms with Gasteiger partial charge >= 0.3 is 0 Å². The molecule has 4 heteroatoms.